The first-order chi connectivity index (χ1) is 6.27. The molecule has 0 radical (unpaired) electrons. The molecule has 0 bridgehead atoms. The maximum absolute atomic E-state index is 9.56. The molecule has 0 aromatic carbocycles. The van der Waals surface area contributed by atoms with Crippen LogP contribution in [0.2, 0.25) is 0 Å². The van der Waals surface area contributed by atoms with Crippen LogP contribution in [0.1, 0.15) is 37.9 Å². The van der Waals surface area contributed by atoms with Crippen LogP contribution in [0.25, 0.3) is 0 Å². The van der Waals surface area contributed by atoms with Gasteiger partial charge < -0.3 is 9.52 Å². The molecular formula is C11H14O2. The van der Waals surface area contributed by atoms with Gasteiger partial charge in [-0.25, -0.2) is 0 Å². The van der Waals surface area contributed by atoms with Crippen molar-refractivity contribution in [2.75, 3.05) is 0 Å². The van der Waals surface area contributed by atoms with Crippen LogP contribution in [0.4, 0.5) is 0 Å². The highest BCUT2D eigenvalue weighted by atomic mass is 16.4. The van der Waals surface area contributed by atoms with Gasteiger partial charge in [-0.2, -0.15) is 0 Å². The van der Waals surface area contributed by atoms with Gasteiger partial charge in [-0.1, -0.05) is 6.92 Å². The van der Waals surface area contributed by atoms with Crippen LogP contribution in [0, 0.1) is 11.8 Å². The number of aliphatic hydroxyl groups excluding tert-OH is 1. The summed E-state index contributed by atoms with van der Waals surface area (Å²) in [6, 6.07) is 3.69. The van der Waals surface area contributed by atoms with Crippen molar-refractivity contribution in [2.24, 2.45) is 0 Å². The Morgan fingerprint density at radius 3 is 2.85 bits per heavy atom. The standard InChI is InChI=1S/C11H14O2/c1-3-5-6-10(12)11-8-7-9(4-2)13-11/h7-8,10,12H,4,6H2,1-2H3. The van der Waals surface area contributed by atoms with E-state index in [1.807, 2.05) is 13.0 Å². The molecule has 2 heteroatoms. The molecule has 70 valence electrons. The number of furan rings is 1. The van der Waals surface area contributed by atoms with Gasteiger partial charge in [-0.3, -0.25) is 0 Å². The van der Waals surface area contributed by atoms with Crippen LogP contribution >= 0.6 is 0 Å². The van der Waals surface area contributed by atoms with Crippen LogP contribution in [0.5, 0.6) is 0 Å². The second kappa shape index (κ2) is 4.74. The van der Waals surface area contributed by atoms with Crippen LogP contribution in [-0.4, -0.2) is 5.11 Å². The maximum atomic E-state index is 9.56. The van der Waals surface area contributed by atoms with Crippen molar-refractivity contribution < 1.29 is 9.52 Å². The summed E-state index contributed by atoms with van der Waals surface area (Å²) in [5.74, 6) is 7.06. The molecule has 2 nitrogen and oxygen atoms in total. The first kappa shape index (κ1) is 9.88. The van der Waals surface area contributed by atoms with Crippen LogP contribution in [0.3, 0.4) is 0 Å². The highest BCUT2D eigenvalue weighted by molar-refractivity contribution is 5.11. The molecule has 0 aliphatic rings. The van der Waals surface area contributed by atoms with E-state index in [1.165, 1.54) is 0 Å². The molecule has 1 aromatic rings. The summed E-state index contributed by atoms with van der Waals surface area (Å²) in [5.41, 5.74) is 0. The van der Waals surface area contributed by atoms with Crippen molar-refractivity contribution in [2.45, 2.75) is 32.8 Å². The Kier molecular flexibility index (Phi) is 3.60. The van der Waals surface area contributed by atoms with Gasteiger partial charge in [0.05, 0.1) is 0 Å². The first-order valence-electron chi connectivity index (χ1n) is 4.44. The summed E-state index contributed by atoms with van der Waals surface area (Å²) in [5, 5.41) is 9.56. The number of aliphatic hydroxyl groups is 1. The molecular weight excluding hydrogens is 164 g/mol. The van der Waals surface area contributed by atoms with E-state index in [-0.39, 0.29) is 0 Å². The van der Waals surface area contributed by atoms with E-state index < -0.39 is 6.10 Å². The highest BCUT2D eigenvalue weighted by Crippen LogP contribution is 2.19. The number of rotatable bonds is 3. The van der Waals surface area contributed by atoms with Crippen molar-refractivity contribution in [1.82, 2.24) is 0 Å². The van der Waals surface area contributed by atoms with Crippen molar-refractivity contribution in [3.63, 3.8) is 0 Å². The van der Waals surface area contributed by atoms with Gasteiger partial charge in [0.1, 0.15) is 17.6 Å². The molecule has 0 aliphatic heterocycles. The lowest BCUT2D eigenvalue weighted by Gasteiger charge is -2.01. The minimum Gasteiger partial charge on any atom is -0.463 e. The van der Waals surface area contributed by atoms with Crippen molar-refractivity contribution >= 4 is 0 Å². The SMILES string of the molecule is CC#CCC(O)c1ccc(CC)o1. The summed E-state index contributed by atoms with van der Waals surface area (Å²) in [4.78, 5) is 0. The van der Waals surface area contributed by atoms with Gasteiger partial charge in [-0.15, -0.1) is 11.8 Å². The molecule has 0 amide bonds. The van der Waals surface area contributed by atoms with Crippen molar-refractivity contribution in [3.05, 3.63) is 23.7 Å². The van der Waals surface area contributed by atoms with Gasteiger partial charge in [0.15, 0.2) is 0 Å². The van der Waals surface area contributed by atoms with Gasteiger partial charge in [0.25, 0.3) is 0 Å². The molecule has 1 unspecified atom stereocenters. The third kappa shape index (κ3) is 2.64. The Balaban J connectivity index is 2.63. The van der Waals surface area contributed by atoms with Gasteiger partial charge in [0.2, 0.25) is 0 Å². The summed E-state index contributed by atoms with van der Waals surface area (Å²) in [6.07, 6.45) is 0.701. The molecule has 0 aliphatic carbocycles. The molecule has 1 heterocycles. The highest BCUT2D eigenvalue weighted by Gasteiger charge is 2.09. The minimum atomic E-state index is -0.590. The maximum Gasteiger partial charge on any atom is 0.133 e. The summed E-state index contributed by atoms with van der Waals surface area (Å²) >= 11 is 0. The van der Waals surface area contributed by atoms with E-state index in [4.69, 9.17) is 4.42 Å². The Hall–Kier alpha value is -1.20. The molecule has 0 saturated heterocycles. The van der Waals surface area contributed by atoms with Gasteiger partial charge >= 0.3 is 0 Å². The Labute approximate surface area is 78.6 Å². The van der Waals surface area contributed by atoms with Crippen molar-refractivity contribution in [1.29, 1.82) is 0 Å². The zero-order chi connectivity index (χ0) is 9.68. The fraction of sp³-hybridized carbons (Fsp3) is 0.455. The molecule has 13 heavy (non-hydrogen) atoms. The van der Waals surface area contributed by atoms with Gasteiger partial charge in [-0.05, 0) is 19.1 Å². The molecule has 0 fully saturated rings. The second-order valence-electron chi connectivity index (χ2n) is 2.80. The Morgan fingerprint density at radius 1 is 1.54 bits per heavy atom. The normalized spacial score (nSPS) is 11.9. The van der Waals surface area contributed by atoms with Crippen LogP contribution in [0.15, 0.2) is 16.5 Å². The number of hydrogen-bond acceptors (Lipinski definition) is 2. The summed E-state index contributed by atoms with van der Waals surface area (Å²) in [6.45, 7) is 3.77. The molecule has 0 spiro atoms. The quantitative estimate of drug-likeness (QED) is 0.720. The molecule has 1 N–H and O–H groups in total. The fourth-order valence-corrected chi connectivity index (χ4v) is 1.06. The lowest BCUT2D eigenvalue weighted by molar-refractivity contribution is 0.153. The predicted molar refractivity (Wildman–Crippen MR) is 51.1 cm³/mol. The topological polar surface area (TPSA) is 33.4 Å². The Morgan fingerprint density at radius 2 is 2.31 bits per heavy atom. The van der Waals surface area contributed by atoms with Gasteiger partial charge in [0, 0.05) is 12.8 Å². The average molecular weight is 178 g/mol. The predicted octanol–water partition coefficient (Wildman–Crippen LogP) is 2.29. The lowest BCUT2D eigenvalue weighted by Crippen LogP contribution is -1.92. The van der Waals surface area contributed by atoms with E-state index in [2.05, 4.69) is 11.8 Å². The molecule has 0 saturated carbocycles. The van der Waals surface area contributed by atoms with E-state index in [0.29, 0.717) is 12.2 Å². The fourth-order valence-electron chi connectivity index (χ4n) is 1.06. The van der Waals surface area contributed by atoms with E-state index in [1.54, 1.807) is 13.0 Å². The van der Waals surface area contributed by atoms with E-state index in [9.17, 15) is 5.11 Å². The zero-order valence-corrected chi connectivity index (χ0v) is 8.00. The van der Waals surface area contributed by atoms with Crippen molar-refractivity contribution in [3.8, 4) is 11.8 Å². The first-order valence-corrected chi connectivity index (χ1v) is 4.44. The average Bonchev–Trinajstić information content (AvgIpc) is 2.62. The molecule has 1 rings (SSSR count). The molecule has 1 aromatic heterocycles. The minimum absolute atomic E-state index is 0.438. The number of hydrogen-bond donors (Lipinski definition) is 1. The van der Waals surface area contributed by atoms with E-state index in [0.717, 1.165) is 12.2 Å². The van der Waals surface area contributed by atoms with Crippen LogP contribution in [-0.2, 0) is 6.42 Å². The zero-order valence-electron chi connectivity index (χ0n) is 8.00. The summed E-state index contributed by atoms with van der Waals surface area (Å²) < 4.78 is 5.37. The second-order valence-corrected chi connectivity index (χ2v) is 2.80. The Bertz CT molecular complexity index is 314. The lowest BCUT2D eigenvalue weighted by atomic mass is 10.2. The van der Waals surface area contributed by atoms with Crippen LogP contribution < -0.4 is 0 Å². The molecule has 1 atom stereocenters. The monoisotopic (exact) mass is 178 g/mol. The van der Waals surface area contributed by atoms with E-state index >= 15 is 0 Å². The third-order valence-electron chi connectivity index (χ3n) is 1.83. The third-order valence-corrected chi connectivity index (χ3v) is 1.83. The number of aryl methyl sites for hydroxylation is 1. The summed E-state index contributed by atoms with van der Waals surface area (Å²) in [7, 11) is 0. The smallest absolute Gasteiger partial charge is 0.133 e. The largest absolute Gasteiger partial charge is 0.463 e.